The van der Waals surface area contributed by atoms with Crippen LogP contribution < -0.4 is 10.1 Å². The Balaban J connectivity index is 2.23. The smallest absolute Gasteiger partial charge is 0.412 e. The topological polar surface area (TPSA) is 90.9 Å². The van der Waals surface area contributed by atoms with E-state index in [1.54, 1.807) is 63.2 Å². The lowest BCUT2D eigenvalue weighted by molar-refractivity contribution is -0.140. The van der Waals surface area contributed by atoms with Gasteiger partial charge in [0.1, 0.15) is 23.4 Å². The number of aryl methyl sites for hydroxylation is 1. The Morgan fingerprint density at radius 1 is 1.03 bits per heavy atom. The molecule has 0 aliphatic carbocycles. The Morgan fingerprint density at radius 2 is 1.69 bits per heavy atom. The van der Waals surface area contributed by atoms with Crippen LogP contribution in [0.1, 0.15) is 43.1 Å². The van der Waals surface area contributed by atoms with Crippen LogP contribution in [-0.2, 0) is 20.7 Å². The number of hydrogen-bond acceptors (Lipinski definition) is 6. The highest BCUT2D eigenvalue weighted by molar-refractivity contribution is 5.86. The second-order valence-corrected chi connectivity index (χ2v) is 7.31. The molecule has 0 radical (unpaired) electrons. The van der Waals surface area contributed by atoms with Gasteiger partial charge in [-0.25, -0.2) is 4.79 Å². The predicted molar refractivity (Wildman–Crippen MR) is 109 cm³/mol. The zero-order chi connectivity index (χ0) is 21.4. The van der Waals surface area contributed by atoms with Crippen LogP contribution in [0.15, 0.2) is 42.5 Å². The van der Waals surface area contributed by atoms with Gasteiger partial charge in [-0.15, -0.1) is 0 Å². The van der Waals surface area contributed by atoms with Crippen LogP contribution in [0.3, 0.4) is 0 Å². The molecular formula is C22H25NO6. The minimum absolute atomic E-state index is 0.173. The molecule has 0 aliphatic heterocycles. The number of carbonyl (C=O) groups is 3. The fourth-order valence-electron chi connectivity index (χ4n) is 2.46. The first-order valence-electron chi connectivity index (χ1n) is 9.13. The van der Waals surface area contributed by atoms with Crippen molar-refractivity contribution < 1.29 is 28.6 Å². The molecule has 2 rings (SSSR count). The number of rotatable bonds is 7. The van der Waals surface area contributed by atoms with Crippen LogP contribution in [-0.4, -0.2) is 31.1 Å². The van der Waals surface area contributed by atoms with Crippen molar-refractivity contribution in [2.45, 2.75) is 39.2 Å². The monoisotopic (exact) mass is 399 g/mol. The number of carbonyl (C=O) groups excluding carboxylic acids is 3. The van der Waals surface area contributed by atoms with Gasteiger partial charge in [0.25, 0.3) is 0 Å². The number of methoxy groups -OCH3 is 1. The Bertz CT molecular complexity index is 868. The summed E-state index contributed by atoms with van der Waals surface area (Å²) in [6.45, 7) is 5.31. The lowest BCUT2D eigenvalue weighted by atomic mass is 10.1. The molecule has 0 bridgehead atoms. The van der Waals surface area contributed by atoms with E-state index in [0.29, 0.717) is 29.2 Å². The van der Waals surface area contributed by atoms with Gasteiger partial charge in [-0.05, 0) is 63.1 Å². The van der Waals surface area contributed by atoms with Crippen molar-refractivity contribution in [1.29, 1.82) is 0 Å². The first kappa shape index (κ1) is 21.9. The predicted octanol–water partition coefficient (Wildman–Crippen LogP) is 4.74. The number of hydrogen-bond donors (Lipinski definition) is 1. The van der Waals surface area contributed by atoms with E-state index >= 15 is 0 Å². The molecule has 7 nitrogen and oxygen atoms in total. The van der Waals surface area contributed by atoms with E-state index in [2.05, 4.69) is 10.1 Å². The molecule has 0 aromatic heterocycles. The molecule has 0 aliphatic rings. The summed E-state index contributed by atoms with van der Waals surface area (Å²) in [6.07, 6.45) is 0.700. The van der Waals surface area contributed by atoms with Crippen molar-refractivity contribution in [3.63, 3.8) is 0 Å². The maximum Gasteiger partial charge on any atom is 0.412 e. The minimum Gasteiger partial charge on any atom is -0.469 e. The zero-order valence-corrected chi connectivity index (χ0v) is 17.0. The first-order valence-corrected chi connectivity index (χ1v) is 9.13. The van der Waals surface area contributed by atoms with E-state index in [9.17, 15) is 14.4 Å². The third-order valence-corrected chi connectivity index (χ3v) is 3.79. The summed E-state index contributed by atoms with van der Waals surface area (Å²) in [5.74, 6) is 0.682. The van der Waals surface area contributed by atoms with Crippen LogP contribution in [0.4, 0.5) is 10.5 Å². The summed E-state index contributed by atoms with van der Waals surface area (Å²) in [5.41, 5.74) is 1.11. The van der Waals surface area contributed by atoms with Gasteiger partial charge < -0.3 is 14.2 Å². The molecule has 0 saturated heterocycles. The third-order valence-electron chi connectivity index (χ3n) is 3.79. The van der Waals surface area contributed by atoms with E-state index < -0.39 is 11.7 Å². The molecule has 0 spiro atoms. The molecule has 1 N–H and O–H groups in total. The molecule has 2 aromatic rings. The SMILES string of the molecule is COC(=O)CCc1ccc(Oc2ccc(C=O)cc2)cc1NC(=O)OC(C)(C)C. The van der Waals surface area contributed by atoms with E-state index in [4.69, 9.17) is 9.47 Å². The third kappa shape index (κ3) is 7.29. The van der Waals surface area contributed by atoms with Gasteiger partial charge in [0, 0.05) is 18.1 Å². The van der Waals surface area contributed by atoms with Gasteiger partial charge >= 0.3 is 12.1 Å². The second kappa shape index (κ2) is 9.73. The van der Waals surface area contributed by atoms with Gasteiger partial charge in [0.2, 0.25) is 0 Å². The summed E-state index contributed by atoms with van der Waals surface area (Å²) >= 11 is 0. The van der Waals surface area contributed by atoms with Crippen molar-refractivity contribution in [1.82, 2.24) is 0 Å². The summed E-state index contributed by atoms with van der Waals surface area (Å²) in [4.78, 5) is 34.5. The Morgan fingerprint density at radius 3 is 2.28 bits per heavy atom. The lowest BCUT2D eigenvalue weighted by Crippen LogP contribution is -2.27. The van der Waals surface area contributed by atoms with E-state index in [1.165, 1.54) is 7.11 Å². The number of ether oxygens (including phenoxy) is 3. The molecule has 0 saturated carbocycles. The largest absolute Gasteiger partial charge is 0.469 e. The number of esters is 1. The number of amides is 1. The summed E-state index contributed by atoms with van der Waals surface area (Å²) in [5, 5.41) is 2.71. The molecule has 7 heteroatoms. The van der Waals surface area contributed by atoms with Gasteiger partial charge in [-0.1, -0.05) is 6.07 Å². The first-order chi connectivity index (χ1) is 13.7. The molecule has 1 amide bonds. The molecule has 0 atom stereocenters. The zero-order valence-electron chi connectivity index (χ0n) is 17.0. The van der Waals surface area contributed by atoms with Crippen molar-refractivity contribution in [2.75, 3.05) is 12.4 Å². The number of benzene rings is 2. The standard InChI is InChI=1S/C22H25NO6/c1-22(2,3)29-21(26)23-19-13-18(11-7-16(19)8-12-20(25)27-4)28-17-9-5-15(14-24)6-10-17/h5-7,9-11,13-14H,8,12H2,1-4H3,(H,23,26). The molecule has 0 unspecified atom stereocenters. The van der Waals surface area contributed by atoms with Crippen LogP contribution in [0, 0.1) is 0 Å². The number of nitrogens with one attached hydrogen (secondary N) is 1. The van der Waals surface area contributed by atoms with Crippen LogP contribution in [0.5, 0.6) is 11.5 Å². The van der Waals surface area contributed by atoms with Gasteiger partial charge in [0.15, 0.2) is 0 Å². The van der Waals surface area contributed by atoms with Crippen molar-refractivity contribution in [3.05, 3.63) is 53.6 Å². The Kier molecular flexibility index (Phi) is 7.36. The summed E-state index contributed by atoms with van der Waals surface area (Å²) in [7, 11) is 1.33. The van der Waals surface area contributed by atoms with Crippen LogP contribution in [0.2, 0.25) is 0 Å². The maximum absolute atomic E-state index is 12.2. The average Bonchev–Trinajstić information content (AvgIpc) is 2.66. The van der Waals surface area contributed by atoms with Gasteiger partial charge in [-0.3, -0.25) is 14.9 Å². The van der Waals surface area contributed by atoms with E-state index in [-0.39, 0.29) is 12.4 Å². The van der Waals surface area contributed by atoms with Gasteiger partial charge in [0.05, 0.1) is 12.8 Å². The highest BCUT2D eigenvalue weighted by Crippen LogP contribution is 2.28. The molecule has 154 valence electrons. The number of aldehydes is 1. The molecule has 29 heavy (non-hydrogen) atoms. The number of anilines is 1. The normalized spacial score (nSPS) is 10.8. The van der Waals surface area contributed by atoms with E-state index in [1.807, 2.05) is 0 Å². The lowest BCUT2D eigenvalue weighted by Gasteiger charge is -2.21. The minimum atomic E-state index is -0.648. The molecule has 0 fully saturated rings. The van der Waals surface area contributed by atoms with Gasteiger partial charge in [-0.2, -0.15) is 0 Å². The average molecular weight is 399 g/mol. The quantitative estimate of drug-likeness (QED) is 0.534. The molecule has 2 aromatic carbocycles. The highest BCUT2D eigenvalue weighted by Gasteiger charge is 2.18. The van der Waals surface area contributed by atoms with Crippen molar-refractivity contribution in [2.24, 2.45) is 0 Å². The summed E-state index contributed by atoms with van der Waals surface area (Å²) in [6, 6.07) is 11.8. The fraction of sp³-hybridized carbons (Fsp3) is 0.318. The Labute approximate surface area is 170 Å². The van der Waals surface area contributed by atoms with Crippen LogP contribution >= 0.6 is 0 Å². The van der Waals surface area contributed by atoms with Crippen molar-refractivity contribution >= 4 is 24.0 Å². The molecular weight excluding hydrogens is 374 g/mol. The summed E-state index contributed by atoms with van der Waals surface area (Å²) < 4.78 is 15.8. The second-order valence-electron chi connectivity index (χ2n) is 7.31. The van der Waals surface area contributed by atoms with Crippen LogP contribution in [0.25, 0.3) is 0 Å². The maximum atomic E-state index is 12.2. The Hall–Kier alpha value is -3.35. The molecule has 0 heterocycles. The highest BCUT2D eigenvalue weighted by atomic mass is 16.6. The van der Waals surface area contributed by atoms with E-state index in [0.717, 1.165) is 11.8 Å². The fourth-order valence-corrected chi connectivity index (χ4v) is 2.46. The van der Waals surface area contributed by atoms with Crippen molar-refractivity contribution in [3.8, 4) is 11.5 Å².